The minimum atomic E-state index is -0.593. The Bertz CT molecular complexity index is 1170. The summed E-state index contributed by atoms with van der Waals surface area (Å²) in [6.45, 7) is 5.41. The second-order valence-electron chi connectivity index (χ2n) is 7.58. The molecule has 11 heteroatoms. The number of hydrogen-bond acceptors (Lipinski definition) is 8. The Morgan fingerprint density at radius 3 is 2.56 bits per heavy atom. The zero-order valence-electron chi connectivity index (χ0n) is 19.1. The topological polar surface area (TPSA) is 139 Å². The number of benzene rings is 2. The molecule has 1 heterocycles. The van der Waals surface area contributed by atoms with Crippen LogP contribution in [0.3, 0.4) is 0 Å². The monoisotopic (exact) mass is 471 g/mol. The summed E-state index contributed by atoms with van der Waals surface area (Å²) in [5, 5.41) is 25.7. The van der Waals surface area contributed by atoms with Crippen LogP contribution in [-0.2, 0) is 6.42 Å². The molecule has 1 aromatic heterocycles. The minimum Gasteiger partial charge on any atom is -0.507 e. The summed E-state index contributed by atoms with van der Waals surface area (Å²) in [5.41, 5.74) is 1.70. The van der Waals surface area contributed by atoms with Crippen LogP contribution in [0.25, 0.3) is 0 Å². The van der Waals surface area contributed by atoms with Crippen molar-refractivity contribution in [3.63, 3.8) is 0 Å². The first-order valence-electron chi connectivity index (χ1n) is 10.8. The van der Waals surface area contributed by atoms with E-state index in [9.17, 15) is 19.1 Å². The van der Waals surface area contributed by atoms with Crippen molar-refractivity contribution in [2.24, 2.45) is 0 Å². The number of carbonyl (C=O) groups is 2. The van der Waals surface area contributed by atoms with E-state index in [1.54, 1.807) is 13.0 Å². The van der Waals surface area contributed by atoms with Crippen LogP contribution in [-0.4, -0.2) is 50.6 Å². The summed E-state index contributed by atoms with van der Waals surface area (Å²) in [6.07, 6.45) is 1.76. The van der Waals surface area contributed by atoms with Crippen LogP contribution in [0.5, 0.6) is 17.2 Å². The molecule has 0 radical (unpaired) electrons. The molecule has 3 N–H and O–H groups in total. The fourth-order valence-electron chi connectivity index (χ4n) is 3.29. The van der Waals surface area contributed by atoms with Crippen LogP contribution in [0.2, 0.25) is 0 Å². The molecule has 0 atom stereocenters. The number of ketones is 1. The van der Waals surface area contributed by atoms with Crippen LogP contribution < -0.4 is 14.8 Å². The van der Waals surface area contributed by atoms with Crippen molar-refractivity contribution < 1.29 is 28.6 Å². The van der Waals surface area contributed by atoms with Gasteiger partial charge in [-0.25, -0.2) is 4.39 Å². The van der Waals surface area contributed by atoms with Gasteiger partial charge in [-0.15, -0.1) is 10.2 Å². The molecule has 1 amide bonds. The predicted octanol–water partition coefficient (Wildman–Crippen LogP) is 3.61. The number of tetrazole rings is 1. The van der Waals surface area contributed by atoms with Gasteiger partial charge in [0.2, 0.25) is 0 Å². The highest BCUT2D eigenvalue weighted by molar-refractivity contribution is 6.01. The number of H-pyrrole nitrogens is 1. The zero-order valence-corrected chi connectivity index (χ0v) is 19.1. The van der Waals surface area contributed by atoms with Crippen LogP contribution >= 0.6 is 0 Å². The van der Waals surface area contributed by atoms with Crippen molar-refractivity contribution in [1.29, 1.82) is 0 Å². The minimum absolute atomic E-state index is 0.0239. The molecule has 0 spiro atoms. The Hall–Kier alpha value is -4.02. The highest BCUT2D eigenvalue weighted by Crippen LogP contribution is 2.33. The first kappa shape index (κ1) is 24.6. The molecule has 0 aliphatic rings. The van der Waals surface area contributed by atoms with E-state index in [2.05, 4.69) is 25.9 Å². The lowest BCUT2D eigenvalue weighted by Gasteiger charge is -2.15. The molecule has 0 aliphatic carbocycles. The number of hydrogen-bond donors (Lipinski definition) is 3. The lowest BCUT2D eigenvalue weighted by molar-refractivity contribution is 0.100. The summed E-state index contributed by atoms with van der Waals surface area (Å²) in [6, 6.07) is 5.85. The van der Waals surface area contributed by atoms with Gasteiger partial charge in [-0.1, -0.05) is 13.3 Å². The quantitative estimate of drug-likeness (QED) is 0.285. The molecule has 0 saturated carbocycles. The molecule has 3 rings (SSSR count). The van der Waals surface area contributed by atoms with Crippen molar-refractivity contribution in [2.45, 2.75) is 40.0 Å². The Morgan fingerprint density at radius 1 is 1.18 bits per heavy atom. The normalized spacial score (nSPS) is 10.7. The van der Waals surface area contributed by atoms with Gasteiger partial charge in [0.05, 0.1) is 18.8 Å². The first-order chi connectivity index (χ1) is 16.3. The summed E-state index contributed by atoms with van der Waals surface area (Å²) >= 11 is 0. The SMILES string of the molecule is CCCc1c(OCCCOc2cc(NC(=O)c3nn[nH]n3)c(C)cc2F)ccc(C(C)=O)c1O. The zero-order chi connectivity index (χ0) is 24.7. The number of aromatic amines is 1. The number of rotatable bonds is 11. The summed E-state index contributed by atoms with van der Waals surface area (Å²) in [4.78, 5) is 23.8. The Labute approximate surface area is 195 Å². The number of ether oxygens (including phenoxy) is 2. The van der Waals surface area contributed by atoms with E-state index in [4.69, 9.17) is 9.47 Å². The van der Waals surface area contributed by atoms with Crippen molar-refractivity contribution in [3.8, 4) is 17.2 Å². The largest absolute Gasteiger partial charge is 0.507 e. The molecule has 10 nitrogen and oxygen atoms in total. The maximum absolute atomic E-state index is 14.3. The van der Waals surface area contributed by atoms with Gasteiger partial charge in [-0.2, -0.15) is 5.21 Å². The van der Waals surface area contributed by atoms with E-state index in [0.29, 0.717) is 35.4 Å². The number of Topliss-reactive ketones (excluding diaryl/α,β-unsaturated/α-hetero) is 1. The summed E-state index contributed by atoms with van der Waals surface area (Å²) in [5.74, 6) is -1.10. The van der Waals surface area contributed by atoms with Gasteiger partial charge in [-0.3, -0.25) is 9.59 Å². The number of aromatic nitrogens is 4. The molecular formula is C23H26FN5O5. The molecule has 180 valence electrons. The molecule has 0 saturated heterocycles. The maximum atomic E-state index is 14.3. The van der Waals surface area contributed by atoms with Gasteiger partial charge in [0.25, 0.3) is 11.7 Å². The van der Waals surface area contributed by atoms with Gasteiger partial charge in [0.15, 0.2) is 17.3 Å². The third kappa shape index (κ3) is 5.85. The Kier molecular flexibility index (Phi) is 8.12. The molecule has 3 aromatic rings. The average Bonchev–Trinajstić information content (AvgIpc) is 3.33. The van der Waals surface area contributed by atoms with Crippen molar-refractivity contribution >= 4 is 17.4 Å². The highest BCUT2D eigenvalue weighted by Gasteiger charge is 2.17. The van der Waals surface area contributed by atoms with E-state index >= 15 is 0 Å². The van der Waals surface area contributed by atoms with Gasteiger partial charge >= 0.3 is 0 Å². The third-order valence-electron chi connectivity index (χ3n) is 5.00. The van der Waals surface area contributed by atoms with E-state index < -0.39 is 11.7 Å². The second kappa shape index (κ2) is 11.2. The van der Waals surface area contributed by atoms with Crippen molar-refractivity contribution in [3.05, 3.63) is 52.6 Å². The second-order valence-corrected chi connectivity index (χ2v) is 7.58. The van der Waals surface area contributed by atoms with Gasteiger partial charge in [-0.05, 0) is 49.2 Å². The number of nitrogens with zero attached hydrogens (tertiary/aromatic N) is 3. The molecule has 0 fully saturated rings. The Balaban J connectivity index is 1.58. The van der Waals surface area contributed by atoms with E-state index in [1.807, 2.05) is 6.92 Å². The van der Waals surface area contributed by atoms with E-state index in [0.717, 1.165) is 6.42 Å². The van der Waals surface area contributed by atoms with Crippen molar-refractivity contribution in [2.75, 3.05) is 18.5 Å². The number of nitrogens with one attached hydrogen (secondary N) is 2. The van der Waals surface area contributed by atoms with Gasteiger partial charge in [0.1, 0.15) is 11.5 Å². The average molecular weight is 471 g/mol. The number of carbonyl (C=O) groups excluding carboxylic acids is 2. The highest BCUT2D eigenvalue weighted by atomic mass is 19.1. The molecule has 0 aliphatic heterocycles. The number of aryl methyl sites for hydroxylation is 1. The van der Waals surface area contributed by atoms with Crippen LogP contribution in [0.1, 0.15) is 58.8 Å². The predicted molar refractivity (Wildman–Crippen MR) is 121 cm³/mol. The van der Waals surface area contributed by atoms with Gasteiger partial charge in [0, 0.05) is 23.7 Å². The number of aromatic hydroxyl groups is 1. The van der Waals surface area contributed by atoms with Crippen LogP contribution in [0, 0.1) is 12.7 Å². The first-order valence-corrected chi connectivity index (χ1v) is 10.8. The fourth-order valence-corrected chi connectivity index (χ4v) is 3.29. The Morgan fingerprint density at radius 2 is 1.91 bits per heavy atom. The number of phenolic OH excluding ortho intramolecular Hbond substituents is 1. The fraction of sp³-hybridized carbons (Fsp3) is 0.348. The number of amides is 1. The maximum Gasteiger partial charge on any atom is 0.297 e. The lowest BCUT2D eigenvalue weighted by atomic mass is 10.0. The van der Waals surface area contributed by atoms with Crippen LogP contribution in [0.15, 0.2) is 24.3 Å². The van der Waals surface area contributed by atoms with Gasteiger partial charge < -0.3 is 19.9 Å². The molecule has 0 bridgehead atoms. The molecule has 34 heavy (non-hydrogen) atoms. The summed E-state index contributed by atoms with van der Waals surface area (Å²) in [7, 11) is 0. The van der Waals surface area contributed by atoms with E-state index in [1.165, 1.54) is 25.1 Å². The number of halogens is 1. The molecule has 2 aromatic carbocycles. The van der Waals surface area contributed by atoms with E-state index in [-0.39, 0.29) is 41.9 Å². The standard InChI is InChI=1S/C23H26FN5O5/c1-4-6-16-19(8-7-15(14(3)30)21(16)31)33-9-5-10-34-20-12-18(13(2)11-17(20)24)25-23(32)22-26-28-29-27-22/h7-8,11-12,31H,4-6,9-10H2,1-3H3,(H,25,32)(H,26,27,28,29). The molecule has 0 unspecified atom stereocenters. The third-order valence-corrected chi connectivity index (χ3v) is 5.00. The lowest BCUT2D eigenvalue weighted by Crippen LogP contribution is -2.15. The number of anilines is 1. The van der Waals surface area contributed by atoms with Crippen molar-refractivity contribution in [1.82, 2.24) is 20.6 Å². The van der Waals surface area contributed by atoms with Crippen LogP contribution in [0.4, 0.5) is 10.1 Å². The smallest absolute Gasteiger partial charge is 0.297 e. The molecular weight excluding hydrogens is 445 g/mol. The number of phenols is 1. The summed E-state index contributed by atoms with van der Waals surface area (Å²) < 4.78 is 25.7.